The van der Waals surface area contributed by atoms with Gasteiger partial charge in [-0.3, -0.25) is 9.98 Å². The number of fused-ring (bicyclic) bond motifs is 1. The molecule has 0 bridgehead atoms. The van der Waals surface area contributed by atoms with Gasteiger partial charge in [-0.05, 0) is 73.5 Å². The van der Waals surface area contributed by atoms with Crippen LogP contribution in [-0.4, -0.2) is 44.6 Å². The van der Waals surface area contributed by atoms with Crippen molar-refractivity contribution < 1.29 is 4.39 Å². The van der Waals surface area contributed by atoms with E-state index in [4.69, 9.17) is 33.6 Å². The monoisotopic (exact) mass is 574 g/mol. The van der Waals surface area contributed by atoms with Gasteiger partial charge in [0.25, 0.3) is 0 Å². The van der Waals surface area contributed by atoms with Crippen molar-refractivity contribution in [2.75, 3.05) is 23.3 Å². The molecule has 11 heteroatoms. The molecule has 202 valence electrons. The third kappa shape index (κ3) is 5.30. The molecule has 5 aromatic rings. The van der Waals surface area contributed by atoms with Crippen LogP contribution >= 0.6 is 23.2 Å². The van der Waals surface area contributed by atoms with Crippen LogP contribution < -0.4 is 15.5 Å². The summed E-state index contributed by atoms with van der Waals surface area (Å²) in [6, 6.07) is 21.2. The van der Waals surface area contributed by atoms with Crippen molar-refractivity contribution >= 4 is 51.8 Å². The Labute approximate surface area is 240 Å². The summed E-state index contributed by atoms with van der Waals surface area (Å²) in [4.78, 5) is 16.5. The highest BCUT2D eigenvalue weighted by atomic mass is 35.5. The molecule has 1 saturated heterocycles. The van der Waals surface area contributed by atoms with Gasteiger partial charge in [0.05, 0.1) is 5.02 Å². The van der Waals surface area contributed by atoms with Gasteiger partial charge < -0.3 is 15.5 Å². The van der Waals surface area contributed by atoms with Gasteiger partial charge in [0.2, 0.25) is 0 Å². The zero-order chi connectivity index (χ0) is 27.6. The molecule has 3 aromatic carbocycles. The summed E-state index contributed by atoms with van der Waals surface area (Å²) in [5, 5.41) is 15.7. The van der Waals surface area contributed by atoms with E-state index in [2.05, 4.69) is 25.5 Å². The average Bonchev–Trinajstić information content (AvgIpc) is 3.35. The SMILES string of the molecule is N=C(Nc1ccc(F)cc1)NC1CCN(c2ncnc3c2nc(-c2ccccc2Cl)n3-c2ccc(Cl)cc2)CC1. The maximum Gasteiger partial charge on any atom is 0.193 e. The summed E-state index contributed by atoms with van der Waals surface area (Å²) in [7, 11) is 0. The average molecular weight is 575 g/mol. The summed E-state index contributed by atoms with van der Waals surface area (Å²) in [6.45, 7) is 1.45. The summed E-state index contributed by atoms with van der Waals surface area (Å²) in [5.74, 6) is 1.29. The third-order valence-electron chi connectivity index (χ3n) is 6.88. The molecule has 1 fully saturated rings. The molecule has 0 radical (unpaired) electrons. The molecule has 0 amide bonds. The second-order valence-corrected chi connectivity index (χ2v) is 10.4. The molecule has 0 atom stereocenters. The largest absolute Gasteiger partial charge is 0.355 e. The molecule has 0 aliphatic carbocycles. The van der Waals surface area contributed by atoms with Gasteiger partial charge in [-0.15, -0.1) is 0 Å². The zero-order valence-corrected chi connectivity index (χ0v) is 22.8. The van der Waals surface area contributed by atoms with Crippen molar-refractivity contribution in [3.63, 3.8) is 0 Å². The second kappa shape index (κ2) is 11.1. The van der Waals surface area contributed by atoms with E-state index in [9.17, 15) is 4.39 Å². The first kappa shape index (κ1) is 26.0. The van der Waals surface area contributed by atoms with E-state index in [-0.39, 0.29) is 17.8 Å². The lowest BCUT2D eigenvalue weighted by molar-refractivity contribution is 0.464. The molecule has 1 aliphatic rings. The lowest BCUT2D eigenvalue weighted by Crippen LogP contribution is -2.46. The normalized spacial score (nSPS) is 13.9. The lowest BCUT2D eigenvalue weighted by Gasteiger charge is -2.33. The number of anilines is 2. The summed E-state index contributed by atoms with van der Waals surface area (Å²) >= 11 is 12.8. The van der Waals surface area contributed by atoms with Gasteiger partial charge in [-0.25, -0.2) is 19.3 Å². The molecule has 8 nitrogen and oxygen atoms in total. The fourth-order valence-corrected chi connectivity index (χ4v) is 5.27. The number of guanidine groups is 1. The van der Waals surface area contributed by atoms with Crippen molar-refractivity contribution in [2.24, 2.45) is 0 Å². The molecule has 2 aromatic heterocycles. The number of rotatable bonds is 5. The van der Waals surface area contributed by atoms with Crippen molar-refractivity contribution in [3.05, 3.63) is 95.0 Å². The minimum absolute atomic E-state index is 0.110. The van der Waals surface area contributed by atoms with Gasteiger partial charge in [0, 0.05) is 41.1 Å². The van der Waals surface area contributed by atoms with Crippen LogP contribution in [0.5, 0.6) is 0 Å². The van der Waals surface area contributed by atoms with Crippen LogP contribution in [0.25, 0.3) is 28.2 Å². The van der Waals surface area contributed by atoms with Crippen molar-refractivity contribution in [3.8, 4) is 17.1 Å². The van der Waals surface area contributed by atoms with Gasteiger partial charge in [-0.2, -0.15) is 0 Å². The first-order chi connectivity index (χ1) is 19.5. The molecule has 1 aliphatic heterocycles. The first-order valence-electron chi connectivity index (χ1n) is 12.8. The number of hydrogen-bond donors (Lipinski definition) is 3. The van der Waals surface area contributed by atoms with Gasteiger partial charge in [-0.1, -0.05) is 35.3 Å². The molecule has 0 unspecified atom stereocenters. The summed E-state index contributed by atoms with van der Waals surface area (Å²) in [6.07, 6.45) is 3.16. The highest BCUT2D eigenvalue weighted by Crippen LogP contribution is 2.35. The van der Waals surface area contributed by atoms with Crippen LogP contribution in [-0.2, 0) is 0 Å². The number of imidazole rings is 1. The van der Waals surface area contributed by atoms with Crippen LogP contribution in [0.4, 0.5) is 15.9 Å². The van der Waals surface area contributed by atoms with E-state index >= 15 is 0 Å². The van der Waals surface area contributed by atoms with Gasteiger partial charge in [0.1, 0.15) is 18.0 Å². The predicted molar refractivity (Wildman–Crippen MR) is 158 cm³/mol. The number of hydrogen-bond acceptors (Lipinski definition) is 5. The number of nitrogens with one attached hydrogen (secondary N) is 3. The number of benzene rings is 3. The fraction of sp³-hybridized carbons (Fsp3) is 0.172. The van der Waals surface area contributed by atoms with E-state index in [1.54, 1.807) is 18.5 Å². The fourth-order valence-electron chi connectivity index (χ4n) is 4.92. The second-order valence-electron chi connectivity index (χ2n) is 9.51. The Hall–Kier alpha value is -4.21. The Morgan fingerprint density at radius 1 is 0.925 bits per heavy atom. The quantitative estimate of drug-likeness (QED) is 0.163. The Kier molecular flexibility index (Phi) is 7.23. The molecule has 0 saturated carbocycles. The Balaban J connectivity index is 1.26. The van der Waals surface area contributed by atoms with Crippen molar-refractivity contribution in [1.29, 1.82) is 5.41 Å². The molecule has 0 spiro atoms. The lowest BCUT2D eigenvalue weighted by atomic mass is 10.1. The van der Waals surface area contributed by atoms with Crippen molar-refractivity contribution in [1.82, 2.24) is 24.8 Å². The van der Waals surface area contributed by atoms with Crippen molar-refractivity contribution in [2.45, 2.75) is 18.9 Å². The van der Waals surface area contributed by atoms with E-state index in [0.717, 1.165) is 43.0 Å². The molecule has 3 heterocycles. The van der Waals surface area contributed by atoms with E-state index in [0.29, 0.717) is 32.7 Å². The Bertz CT molecular complexity index is 1660. The topological polar surface area (TPSA) is 94.8 Å². The van der Waals surface area contributed by atoms with E-state index in [1.165, 1.54) is 12.1 Å². The highest BCUT2D eigenvalue weighted by molar-refractivity contribution is 6.33. The number of aromatic nitrogens is 4. The Morgan fingerprint density at radius 3 is 2.38 bits per heavy atom. The third-order valence-corrected chi connectivity index (χ3v) is 7.46. The minimum atomic E-state index is -0.312. The number of halogens is 3. The predicted octanol–water partition coefficient (Wildman–Crippen LogP) is 6.53. The van der Waals surface area contributed by atoms with E-state index < -0.39 is 0 Å². The summed E-state index contributed by atoms with van der Waals surface area (Å²) < 4.78 is 15.2. The smallest absolute Gasteiger partial charge is 0.193 e. The van der Waals surface area contributed by atoms with Gasteiger partial charge in [0.15, 0.2) is 22.9 Å². The van der Waals surface area contributed by atoms with Crippen LogP contribution in [0.3, 0.4) is 0 Å². The molecule has 3 N–H and O–H groups in total. The number of piperidine rings is 1. The zero-order valence-electron chi connectivity index (χ0n) is 21.3. The highest BCUT2D eigenvalue weighted by Gasteiger charge is 2.26. The molecular formula is C29H25Cl2FN8. The number of nitrogens with zero attached hydrogens (tertiary/aromatic N) is 5. The van der Waals surface area contributed by atoms with Gasteiger partial charge >= 0.3 is 0 Å². The molecule has 40 heavy (non-hydrogen) atoms. The first-order valence-corrected chi connectivity index (χ1v) is 13.6. The maximum atomic E-state index is 13.2. The maximum absolute atomic E-state index is 13.2. The molecule has 6 rings (SSSR count). The van der Waals surface area contributed by atoms with Crippen LogP contribution in [0.1, 0.15) is 12.8 Å². The van der Waals surface area contributed by atoms with Crippen LogP contribution in [0.2, 0.25) is 10.0 Å². The Morgan fingerprint density at radius 2 is 1.65 bits per heavy atom. The standard InChI is InChI=1S/C29H25Cl2FN8/c30-18-5-11-22(12-6-18)40-26(23-3-1-2-4-24(23)31)38-25-27(34-17-35-28(25)40)39-15-13-21(14-16-39)37-29(33)36-20-9-7-19(32)8-10-20/h1-12,17,21H,13-16H2,(H3,33,36,37). The van der Waals surface area contributed by atoms with Crippen LogP contribution in [0, 0.1) is 11.2 Å². The minimum Gasteiger partial charge on any atom is -0.355 e. The van der Waals surface area contributed by atoms with E-state index in [1.807, 2.05) is 53.1 Å². The molecular weight excluding hydrogens is 550 g/mol. The van der Waals surface area contributed by atoms with Crippen LogP contribution in [0.15, 0.2) is 79.1 Å². The summed E-state index contributed by atoms with van der Waals surface area (Å²) in [5.41, 5.74) is 3.67.